The fraction of sp³-hybridized carbons (Fsp3) is 0.296. The Balaban J connectivity index is 1.51. The fourth-order valence-corrected chi connectivity index (χ4v) is 3.82. The molecule has 0 saturated carbocycles. The van der Waals surface area contributed by atoms with E-state index >= 15 is 0 Å². The summed E-state index contributed by atoms with van der Waals surface area (Å²) >= 11 is 0. The Morgan fingerprint density at radius 3 is 1.95 bits per heavy atom. The van der Waals surface area contributed by atoms with Crippen LogP contribution in [-0.2, 0) is 27.2 Å². The number of carbonyl (C=O) groups excluding carboxylic acids is 2. The van der Waals surface area contributed by atoms with Crippen LogP contribution in [0.2, 0.25) is 0 Å². The van der Waals surface area contributed by atoms with Crippen molar-refractivity contribution < 1.29 is 43.7 Å². The number of urea groups is 2. The minimum atomic E-state index is -1.51. The van der Waals surface area contributed by atoms with Gasteiger partial charge in [-0.1, -0.05) is 17.3 Å². The molecule has 1 heterocycles. The molecule has 0 spiro atoms. The van der Waals surface area contributed by atoms with Gasteiger partial charge in [-0.15, -0.1) is 5.10 Å². The summed E-state index contributed by atoms with van der Waals surface area (Å²) in [5.74, 6) is -4.08. The molecule has 43 heavy (non-hydrogen) atoms. The van der Waals surface area contributed by atoms with E-state index in [1.54, 1.807) is 47.3 Å². The van der Waals surface area contributed by atoms with Gasteiger partial charge in [-0.2, -0.15) is 0 Å². The van der Waals surface area contributed by atoms with Crippen LogP contribution in [0.4, 0.5) is 25.4 Å². The first-order valence-electron chi connectivity index (χ1n) is 13.0. The van der Waals surface area contributed by atoms with E-state index in [4.69, 9.17) is 10.2 Å². The number of rotatable bonds is 15. The first kappa shape index (κ1) is 32.0. The highest BCUT2D eigenvalue weighted by molar-refractivity contribution is 5.99. The lowest BCUT2D eigenvalue weighted by Gasteiger charge is -2.18. The quantitative estimate of drug-likeness (QED) is 0.135. The van der Waals surface area contributed by atoms with Gasteiger partial charge in [-0.25, -0.2) is 23.9 Å². The van der Waals surface area contributed by atoms with Crippen LogP contribution in [0.3, 0.4) is 0 Å². The summed E-state index contributed by atoms with van der Waals surface area (Å²) in [5, 5.41) is 45.0. The van der Waals surface area contributed by atoms with E-state index in [1.807, 2.05) is 0 Å². The van der Waals surface area contributed by atoms with Crippen molar-refractivity contribution in [3.05, 3.63) is 66.0 Å². The van der Waals surface area contributed by atoms with Gasteiger partial charge in [0.15, 0.2) is 0 Å². The molecule has 0 fully saturated rings. The second kappa shape index (κ2) is 15.5. The summed E-state index contributed by atoms with van der Waals surface area (Å²) < 4.78 is 13.9. The zero-order valence-electron chi connectivity index (χ0n) is 22.7. The number of carbonyl (C=O) groups is 5. The molecule has 3 rings (SSSR count). The van der Waals surface area contributed by atoms with Crippen molar-refractivity contribution in [2.75, 3.05) is 17.3 Å². The minimum absolute atomic E-state index is 0.155. The SMILES string of the molecule is O=C(O)CC[C@H](NC(=O)N[C@@H](Cc1ccc(NC(=O)Nc2ccc(-n3cc(CCCF)nn3)cc2)cc1)C(=O)O)C(=O)O. The highest BCUT2D eigenvalue weighted by Gasteiger charge is 2.25. The maximum Gasteiger partial charge on any atom is 0.326 e. The van der Waals surface area contributed by atoms with Gasteiger partial charge in [0.05, 0.1) is 24.3 Å². The number of nitrogens with zero attached hydrogens (tertiary/aromatic N) is 3. The van der Waals surface area contributed by atoms with Crippen LogP contribution < -0.4 is 21.3 Å². The summed E-state index contributed by atoms with van der Waals surface area (Å²) in [6.45, 7) is -0.431. The van der Waals surface area contributed by atoms with Gasteiger partial charge in [-0.05, 0) is 61.2 Å². The Labute approximate surface area is 244 Å². The predicted octanol–water partition coefficient (Wildman–Crippen LogP) is 2.43. The number of alkyl halides is 1. The molecule has 3 aromatic rings. The van der Waals surface area contributed by atoms with Crippen LogP contribution >= 0.6 is 0 Å². The Kier molecular flexibility index (Phi) is 11.5. The molecule has 0 aliphatic carbocycles. The second-order valence-electron chi connectivity index (χ2n) is 9.31. The van der Waals surface area contributed by atoms with Crippen molar-refractivity contribution >= 4 is 41.3 Å². The van der Waals surface area contributed by atoms with Crippen LogP contribution in [0.25, 0.3) is 5.69 Å². The third kappa shape index (κ3) is 10.4. The minimum Gasteiger partial charge on any atom is -0.481 e. The average Bonchev–Trinajstić information content (AvgIpc) is 3.44. The third-order valence-corrected chi connectivity index (χ3v) is 6.00. The molecule has 0 radical (unpaired) electrons. The molecule has 1 aromatic heterocycles. The number of nitrogens with one attached hydrogen (secondary N) is 4. The molecule has 0 saturated heterocycles. The standard InChI is InChI=1S/C27H30FN7O8/c28-13-1-2-19-15-35(34-33-19)20-9-7-18(8-10-20)30-26(42)29-17-5-3-16(4-6-17)14-22(25(40)41)32-27(43)31-21(24(38)39)11-12-23(36)37/h3-10,15,21-22H,1-2,11-14H2,(H,36,37)(H,38,39)(H,40,41)(H2,29,30,42)(H2,31,32,43)/t21-,22-/m0/s1. The maximum absolute atomic E-state index is 12.4. The number of aliphatic carboxylic acids is 3. The molecular weight excluding hydrogens is 569 g/mol. The molecule has 0 aliphatic heterocycles. The number of carboxylic acid groups (broad SMARTS) is 3. The number of hydrogen-bond donors (Lipinski definition) is 7. The number of hydrogen-bond acceptors (Lipinski definition) is 7. The van der Waals surface area contributed by atoms with Crippen molar-refractivity contribution in [3.63, 3.8) is 0 Å². The molecule has 2 atom stereocenters. The number of carboxylic acids is 3. The van der Waals surface area contributed by atoms with Crippen LogP contribution in [0.1, 0.15) is 30.5 Å². The molecule has 7 N–H and O–H groups in total. The van der Waals surface area contributed by atoms with Crippen LogP contribution in [0, 0.1) is 0 Å². The third-order valence-electron chi connectivity index (χ3n) is 6.00. The molecule has 228 valence electrons. The number of anilines is 2. The second-order valence-corrected chi connectivity index (χ2v) is 9.31. The van der Waals surface area contributed by atoms with Crippen LogP contribution in [-0.4, -0.2) is 79.0 Å². The predicted molar refractivity (Wildman–Crippen MR) is 150 cm³/mol. The van der Waals surface area contributed by atoms with Crippen molar-refractivity contribution in [1.29, 1.82) is 0 Å². The van der Waals surface area contributed by atoms with Gasteiger partial charge in [0.2, 0.25) is 0 Å². The Morgan fingerprint density at radius 1 is 0.814 bits per heavy atom. The van der Waals surface area contributed by atoms with Gasteiger partial charge < -0.3 is 36.6 Å². The largest absolute Gasteiger partial charge is 0.481 e. The summed E-state index contributed by atoms with van der Waals surface area (Å²) in [7, 11) is 0. The summed E-state index contributed by atoms with van der Waals surface area (Å²) in [5.41, 5.74) is 2.77. The normalized spacial score (nSPS) is 12.0. The fourth-order valence-electron chi connectivity index (χ4n) is 3.82. The van der Waals surface area contributed by atoms with Gasteiger partial charge >= 0.3 is 30.0 Å². The molecule has 2 aromatic carbocycles. The highest BCUT2D eigenvalue weighted by Crippen LogP contribution is 2.15. The maximum atomic E-state index is 12.4. The molecule has 4 amide bonds. The lowest BCUT2D eigenvalue weighted by atomic mass is 10.1. The summed E-state index contributed by atoms with van der Waals surface area (Å²) in [4.78, 5) is 58.3. The Morgan fingerprint density at radius 2 is 1.40 bits per heavy atom. The van der Waals surface area contributed by atoms with Crippen LogP contribution in [0.15, 0.2) is 54.7 Å². The topological polar surface area (TPSA) is 225 Å². The van der Waals surface area contributed by atoms with Gasteiger partial charge in [0.25, 0.3) is 0 Å². The van der Waals surface area contributed by atoms with E-state index in [1.165, 1.54) is 12.1 Å². The lowest BCUT2D eigenvalue weighted by Crippen LogP contribution is -2.51. The number of aryl methyl sites for hydroxylation is 1. The van der Waals surface area contributed by atoms with Crippen molar-refractivity contribution in [2.24, 2.45) is 0 Å². The van der Waals surface area contributed by atoms with Gasteiger partial charge in [0.1, 0.15) is 12.1 Å². The molecule has 0 unspecified atom stereocenters. The Hall–Kier alpha value is -5.54. The van der Waals surface area contributed by atoms with E-state index in [0.717, 1.165) is 0 Å². The highest BCUT2D eigenvalue weighted by atomic mass is 19.1. The zero-order valence-corrected chi connectivity index (χ0v) is 22.7. The zero-order chi connectivity index (χ0) is 31.4. The van der Waals surface area contributed by atoms with E-state index in [-0.39, 0.29) is 12.8 Å². The molecule has 0 bridgehead atoms. The van der Waals surface area contributed by atoms with Crippen molar-refractivity contribution in [3.8, 4) is 5.69 Å². The number of benzene rings is 2. The molecule has 15 nitrogen and oxygen atoms in total. The Bertz CT molecular complexity index is 1430. The first-order valence-corrected chi connectivity index (χ1v) is 13.0. The summed E-state index contributed by atoms with van der Waals surface area (Å²) in [6.07, 6.45) is 1.52. The number of halogens is 1. The first-order chi connectivity index (χ1) is 20.5. The average molecular weight is 600 g/mol. The van der Waals surface area contributed by atoms with E-state index in [9.17, 15) is 33.5 Å². The van der Waals surface area contributed by atoms with E-state index in [2.05, 4.69) is 31.6 Å². The van der Waals surface area contributed by atoms with E-state index < -0.39 is 55.1 Å². The smallest absolute Gasteiger partial charge is 0.326 e. The monoisotopic (exact) mass is 599 g/mol. The number of amides is 4. The van der Waals surface area contributed by atoms with Crippen LogP contribution in [0.5, 0.6) is 0 Å². The number of aromatic nitrogens is 3. The molecular formula is C27H30FN7O8. The van der Waals surface area contributed by atoms with Crippen molar-refractivity contribution in [1.82, 2.24) is 25.6 Å². The van der Waals surface area contributed by atoms with E-state index in [0.29, 0.717) is 41.2 Å². The summed E-state index contributed by atoms with van der Waals surface area (Å²) in [6, 6.07) is 8.41. The van der Waals surface area contributed by atoms with Gasteiger partial charge in [0, 0.05) is 24.2 Å². The van der Waals surface area contributed by atoms with Gasteiger partial charge in [-0.3, -0.25) is 9.18 Å². The lowest BCUT2D eigenvalue weighted by molar-refractivity contribution is -0.140. The molecule has 16 heteroatoms. The van der Waals surface area contributed by atoms with Crippen molar-refractivity contribution in [2.45, 2.75) is 44.2 Å². The molecule has 0 aliphatic rings.